The lowest BCUT2D eigenvalue weighted by molar-refractivity contribution is -0.537. The summed E-state index contributed by atoms with van der Waals surface area (Å²) < 4.78 is 0. The lowest BCUT2D eigenvalue weighted by Crippen LogP contribution is -2.34. The summed E-state index contributed by atoms with van der Waals surface area (Å²) in [4.78, 5) is 49.7. The van der Waals surface area contributed by atoms with E-state index in [-0.39, 0.29) is 17.9 Å². The van der Waals surface area contributed by atoms with Crippen molar-refractivity contribution in [2.24, 2.45) is 5.73 Å². The van der Waals surface area contributed by atoms with E-state index in [0.29, 0.717) is 53.4 Å². The van der Waals surface area contributed by atoms with E-state index in [9.17, 15) is 14.5 Å². The van der Waals surface area contributed by atoms with Gasteiger partial charge in [0.2, 0.25) is 0 Å². The molecule has 5 rings (SSSR count). The highest BCUT2D eigenvalue weighted by molar-refractivity contribution is 6.08. The molecule has 0 saturated carbocycles. The monoisotopic (exact) mass is 677 g/mol. The fraction of sp³-hybridized carbons (Fsp3) is 0.359. The molecule has 0 spiro atoms. The number of nitrogens with one attached hydrogen (secondary N) is 3. The van der Waals surface area contributed by atoms with Crippen LogP contribution in [0, 0.1) is 4.91 Å². The third kappa shape index (κ3) is 8.90. The molecule has 1 atom stereocenters. The number of carbonyl (C=O) groups is 2. The Morgan fingerprint density at radius 3 is 2.56 bits per heavy atom. The summed E-state index contributed by atoms with van der Waals surface area (Å²) in [5.74, 6) is -0.528. The molecule has 0 fully saturated rings. The van der Waals surface area contributed by atoms with Crippen LogP contribution in [0.2, 0.25) is 0 Å². The maximum absolute atomic E-state index is 13.7. The minimum absolute atomic E-state index is 0.0876. The number of fused-ring (bicyclic) bond motifs is 1. The Bertz CT molecular complexity index is 1790. The van der Waals surface area contributed by atoms with Crippen LogP contribution >= 0.6 is 0 Å². The first-order chi connectivity index (χ1) is 24.3. The molecule has 0 saturated heterocycles. The number of pyridine rings is 1. The van der Waals surface area contributed by atoms with E-state index >= 15 is 0 Å². The molecule has 0 radical (unpaired) electrons. The third-order valence-electron chi connectivity index (χ3n) is 9.18. The first kappa shape index (κ1) is 36.2. The number of aromatic nitrogens is 1. The van der Waals surface area contributed by atoms with Gasteiger partial charge in [-0.05, 0) is 100 Å². The van der Waals surface area contributed by atoms with Crippen LogP contribution in [0.4, 0.5) is 17.1 Å². The van der Waals surface area contributed by atoms with Gasteiger partial charge in [-0.1, -0.05) is 30.3 Å². The molecule has 1 aliphatic rings. The molecule has 11 heteroatoms. The number of hydrogen-bond donors (Lipinski definition) is 4. The summed E-state index contributed by atoms with van der Waals surface area (Å²) in [6.07, 6.45) is 5.37. The molecule has 1 heterocycles. The van der Waals surface area contributed by atoms with Crippen LogP contribution in [-0.2, 0) is 6.42 Å². The zero-order chi connectivity index (χ0) is 35.5. The van der Waals surface area contributed by atoms with Crippen molar-refractivity contribution in [2.45, 2.75) is 45.6 Å². The summed E-state index contributed by atoms with van der Waals surface area (Å²) in [5, 5.41) is 6.33. The average molecular weight is 678 g/mol. The molecular formula is C39H49N8O3+. The van der Waals surface area contributed by atoms with Crippen LogP contribution in [0.15, 0.2) is 85.1 Å². The Kier molecular flexibility index (Phi) is 12.7. The molecular weight excluding hydrogens is 628 g/mol. The maximum atomic E-state index is 13.7. The molecule has 3 aromatic carbocycles. The molecule has 262 valence electrons. The molecule has 1 aromatic heterocycles. The third-order valence-corrected chi connectivity index (χ3v) is 9.18. The summed E-state index contributed by atoms with van der Waals surface area (Å²) in [7, 11) is 1.75. The SMILES string of the molecule is CCN(CC)c1ccc(NC(=O)c2cccc(C(=O)N(C)CCNCCCN)c2)c(-c2cc([N+](=O)NC3CCCc4ccccc43)ccn2)c1. The van der Waals surface area contributed by atoms with Gasteiger partial charge in [0.25, 0.3) is 17.5 Å². The lowest BCUT2D eigenvalue weighted by Gasteiger charge is -2.23. The van der Waals surface area contributed by atoms with Crippen molar-refractivity contribution in [1.29, 1.82) is 0 Å². The Balaban J connectivity index is 1.37. The summed E-state index contributed by atoms with van der Waals surface area (Å²) >= 11 is 0. The van der Waals surface area contributed by atoms with Crippen molar-refractivity contribution < 1.29 is 14.5 Å². The number of carbonyl (C=O) groups excluding carboxylic acids is 2. The number of amides is 2. The first-order valence-electron chi connectivity index (χ1n) is 17.6. The smallest absolute Gasteiger partial charge is 0.295 e. The van der Waals surface area contributed by atoms with Gasteiger partial charge in [-0.15, -0.1) is 5.43 Å². The van der Waals surface area contributed by atoms with Crippen molar-refractivity contribution in [2.75, 3.05) is 56.5 Å². The zero-order valence-electron chi connectivity index (χ0n) is 29.3. The van der Waals surface area contributed by atoms with Gasteiger partial charge in [-0.2, -0.15) is 0 Å². The van der Waals surface area contributed by atoms with Crippen molar-refractivity contribution in [3.63, 3.8) is 0 Å². The number of nitrogens with zero attached hydrogens (tertiary/aromatic N) is 4. The van der Waals surface area contributed by atoms with Crippen LogP contribution in [-0.4, -0.2) is 72.9 Å². The summed E-state index contributed by atoms with van der Waals surface area (Å²) in [6.45, 7) is 8.38. The van der Waals surface area contributed by atoms with Crippen molar-refractivity contribution >= 4 is 28.9 Å². The van der Waals surface area contributed by atoms with Crippen LogP contribution < -0.4 is 26.7 Å². The number of rotatable bonds is 16. The molecule has 50 heavy (non-hydrogen) atoms. The molecule has 0 aliphatic heterocycles. The molecule has 1 unspecified atom stereocenters. The van der Waals surface area contributed by atoms with Crippen LogP contribution in [0.3, 0.4) is 0 Å². The predicted molar refractivity (Wildman–Crippen MR) is 200 cm³/mol. The topological polar surface area (TPSA) is 136 Å². The molecule has 4 aromatic rings. The normalized spacial score (nSPS) is 13.6. The Labute approximate surface area is 294 Å². The minimum Gasteiger partial charge on any atom is -0.372 e. The van der Waals surface area contributed by atoms with Gasteiger partial charge in [-0.25, -0.2) is 0 Å². The van der Waals surface area contributed by atoms with E-state index < -0.39 is 0 Å². The number of nitrogens with two attached hydrogens (primary N) is 1. The molecule has 5 N–H and O–H groups in total. The molecule has 11 nitrogen and oxygen atoms in total. The Morgan fingerprint density at radius 1 is 0.960 bits per heavy atom. The number of aryl methyl sites for hydroxylation is 1. The highest BCUT2D eigenvalue weighted by Crippen LogP contribution is 2.34. The lowest BCUT2D eigenvalue weighted by atomic mass is 9.88. The summed E-state index contributed by atoms with van der Waals surface area (Å²) in [5.41, 5.74) is 15.1. The van der Waals surface area contributed by atoms with E-state index in [2.05, 4.69) is 51.9 Å². The van der Waals surface area contributed by atoms with Gasteiger partial charge in [0, 0.05) is 73.9 Å². The average Bonchev–Trinajstić information content (AvgIpc) is 3.15. The van der Waals surface area contributed by atoms with Crippen molar-refractivity contribution in [3.8, 4) is 11.3 Å². The quantitative estimate of drug-likeness (QED) is 0.0659. The van der Waals surface area contributed by atoms with E-state index in [1.54, 1.807) is 54.5 Å². The fourth-order valence-electron chi connectivity index (χ4n) is 6.34. The predicted octanol–water partition coefficient (Wildman–Crippen LogP) is 5.85. The second kappa shape index (κ2) is 17.5. The van der Waals surface area contributed by atoms with Crippen molar-refractivity contribution in [1.82, 2.24) is 20.6 Å². The van der Waals surface area contributed by atoms with E-state index in [1.807, 2.05) is 30.3 Å². The number of hydrogen-bond acceptors (Lipinski definition) is 7. The first-order valence-corrected chi connectivity index (χ1v) is 17.6. The van der Waals surface area contributed by atoms with Gasteiger partial charge in [0.05, 0.1) is 16.3 Å². The number of anilines is 2. The van der Waals surface area contributed by atoms with Crippen LogP contribution in [0.25, 0.3) is 11.3 Å². The number of benzene rings is 3. The van der Waals surface area contributed by atoms with E-state index in [0.717, 1.165) is 61.4 Å². The molecule has 2 amide bonds. The minimum atomic E-state index is -0.359. The molecule has 1 aliphatic carbocycles. The maximum Gasteiger partial charge on any atom is 0.295 e. The Hall–Kier alpha value is -5.13. The van der Waals surface area contributed by atoms with E-state index in [1.165, 1.54) is 5.56 Å². The zero-order valence-corrected chi connectivity index (χ0v) is 29.3. The standard InChI is InChI=1S/C39H48N8O3/c1-4-46(5-2)31-17-18-35(43-38(48)29-13-8-14-30(25-29)39(49)45(3)24-23-41-21-10-20-40)34(26-31)37-27-32(19-22-42-37)47(50)44-36-16-9-12-28-11-6-7-15-33(28)36/h6-8,11,13-15,17-19,22,25-27,36,41H,4-5,9-10,12,16,20-21,23-24,40H2,1-3H3,(H-,42,43,44,48,50)/p+1. The number of nitroso groups, excluding NO2 is 1. The van der Waals surface area contributed by atoms with Crippen LogP contribution in [0.1, 0.15) is 71.0 Å². The second-order valence-corrected chi connectivity index (χ2v) is 12.5. The Morgan fingerprint density at radius 2 is 1.76 bits per heavy atom. The largest absolute Gasteiger partial charge is 0.372 e. The molecule has 0 bridgehead atoms. The van der Waals surface area contributed by atoms with Crippen molar-refractivity contribution in [3.05, 3.63) is 112 Å². The summed E-state index contributed by atoms with van der Waals surface area (Å²) in [6, 6.07) is 24.1. The number of likely N-dealkylation sites (N-methyl/N-ethyl adjacent to an activating group) is 1. The number of hydrazine groups is 1. The van der Waals surface area contributed by atoms with Gasteiger partial charge < -0.3 is 26.2 Å². The van der Waals surface area contributed by atoms with Gasteiger partial charge in [-0.3, -0.25) is 14.6 Å². The van der Waals surface area contributed by atoms with Crippen LogP contribution in [0.5, 0.6) is 0 Å². The van der Waals surface area contributed by atoms with Gasteiger partial charge in [0.15, 0.2) is 4.87 Å². The van der Waals surface area contributed by atoms with Gasteiger partial charge in [0.1, 0.15) is 6.04 Å². The highest BCUT2D eigenvalue weighted by atomic mass is 16.3. The second-order valence-electron chi connectivity index (χ2n) is 12.5. The highest BCUT2D eigenvalue weighted by Gasteiger charge is 2.27. The van der Waals surface area contributed by atoms with E-state index in [4.69, 9.17) is 5.73 Å². The fourth-order valence-corrected chi connectivity index (χ4v) is 6.34. The van der Waals surface area contributed by atoms with Gasteiger partial charge >= 0.3 is 0 Å².